The van der Waals surface area contributed by atoms with Crippen molar-refractivity contribution in [1.29, 1.82) is 0 Å². The van der Waals surface area contributed by atoms with Gasteiger partial charge in [-0.05, 0) is 6.08 Å². The van der Waals surface area contributed by atoms with Gasteiger partial charge in [-0.1, -0.05) is 11.6 Å². The standard InChI is InChI=1S/C5H3ClF3N2/c6-4-1-2-11(3-10-4)5(7,8)9/h1H,2H2. The van der Waals surface area contributed by atoms with Crippen molar-refractivity contribution >= 4 is 17.9 Å². The van der Waals surface area contributed by atoms with E-state index in [1.54, 1.807) is 6.34 Å². The van der Waals surface area contributed by atoms with Crippen LogP contribution in [0.5, 0.6) is 0 Å². The van der Waals surface area contributed by atoms with Gasteiger partial charge in [-0.15, -0.1) is 0 Å². The summed E-state index contributed by atoms with van der Waals surface area (Å²) >= 11 is 5.27. The summed E-state index contributed by atoms with van der Waals surface area (Å²) in [5.41, 5.74) is 0. The third kappa shape index (κ3) is 2.11. The molecule has 0 saturated carbocycles. The Morgan fingerprint density at radius 1 is 1.64 bits per heavy atom. The number of rotatable bonds is 0. The van der Waals surface area contributed by atoms with Crippen LogP contribution in [0.1, 0.15) is 0 Å². The summed E-state index contributed by atoms with van der Waals surface area (Å²) in [5, 5.41) is 0.0329. The molecule has 1 rings (SSSR count). The first-order valence-corrected chi connectivity index (χ1v) is 3.04. The van der Waals surface area contributed by atoms with E-state index in [1.807, 2.05) is 0 Å². The largest absolute Gasteiger partial charge is 0.486 e. The normalized spacial score (nSPS) is 18.5. The maximum Gasteiger partial charge on any atom is 0.486 e. The molecule has 0 saturated heterocycles. The first-order chi connectivity index (χ1) is 5.00. The highest BCUT2D eigenvalue weighted by molar-refractivity contribution is 6.29. The highest BCUT2D eigenvalue weighted by Gasteiger charge is 2.36. The number of halogens is 4. The van der Waals surface area contributed by atoms with Crippen molar-refractivity contribution in [2.24, 2.45) is 4.99 Å². The van der Waals surface area contributed by atoms with Crippen LogP contribution in [0, 0.1) is 0 Å². The Morgan fingerprint density at radius 3 is 2.64 bits per heavy atom. The fourth-order valence-electron chi connectivity index (χ4n) is 0.521. The average molecular weight is 184 g/mol. The highest BCUT2D eigenvalue weighted by Crippen LogP contribution is 2.22. The van der Waals surface area contributed by atoms with Crippen LogP contribution in [-0.4, -0.2) is 24.1 Å². The zero-order chi connectivity index (χ0) is 8.48. The van der Waals surface area contributed by atoms with E-state index < -0.39 is 6.30 Å². The van der Waals surface area contributed by atoms with Crippen LogP contribution in [0.4, 0.5) is 13.2 Å². The second kappa shape index (κ2) is 2.73. The fraction of sp³-hybridized carbons (Fsp3) is 0.400. The molecule has 1 aliphatic heterocycles. The lowest BCUT2D eigenvalue weighted by Gasteiger charge is -2.21. The van der Waals surface area contributed by atoms with E-state index in [9.17, 15) is 13.2 Å². The summed E-state index contributed by atoms with van der Waals surface area (Å²) < 4.78 is 35.4. The van der Waals surface area contributed by atoms with Crippen molar-refractivity contribution in [2.75, 3.05) is 6.54 Å². The number of hydrogen-bond donors (Lipinski definition) is 0. The van der Waals surface area contributed by atoms with Gasteiger partial charge in [0.2, 0.25) is 0 Å². The van der Waals surface area contributed by atoms with Gasteiger partial charge >= 0.3 is 6.30 Å². The summed E-state index contributed by atoms with van der Waals surface area (Å²) in [7, 11) is 0. The molecule has 0 bridgehead atoms. The molecule has 0 aromatic heterocycles. The quantitative estimate of drug-likeness (QED) is 0.523. The summed E-state index contributed by atoms with van der Waals surface area (Å²) in [6, 6.07) is 0. The SMILES string of the molecule is FC(F)(F)N1[C]=NC(Cl)=CC1. The predicted molar refractivity (Wildman–Crippen MR) is 34.1 cm³/mol. The van der Waals surface area contributed by atoms with Crippen molar-refractivity contribution in [3.63, 3.8) is 0 Å². The number of alkyl halides is 3. The Kier molecular flexibility index (Phi) is 2.08. The van der Waals surface area contributed by atoms with Crippen molar-refractivity contribution in [3.8, 4) is 0 Å². The van der Waals surface area contributed by atoms with Crippen LogP contribution in [-0.2, 0) is 0 Å². The molecule has 6 heteroatoms. The lowest BCUT2D eigenvalue weighted by Crippen LogP contribution is -2.38. The van der Waals surface area contributed by atoms with E-state index in [2.05, 4.69) is 4.99 Å². The van der Waals surface area contributed by atoms with Crippen molar-refractivity contribution < 1.29 is 13.2 Å². The first kappa shape index (κ1) is 8.39. The molecule has 0 atom stereocenters. The average Bonchev–Trinajstić information content (AvgIpc) is 1.86. The first-order valence-electron chi connectivity index (χ1n) is 2.66. The third-order valence-electron chi connectivity index (χ3n) is 1.03. The van der Waals surface area contributed by atoms with Gasteiger partial charge in [0, 0.05) is 6.54 Å². The molecule has 0 aromatic carbocycles. The zero-order valence-corrected chi connectivity index (χ0v) is 5.95. The van der Waals surface area contributed by atoms with E-state index in [4.69, 9.17) is 11.6 Å². The third-order valence-corrected chi connectivity index (χ3v) is 1.26. The second-order valence-electron chi connectivity index (χ2n) is 1.82. The summed E-state index contributed by atoms with van der Waals surface area (Å²) in [4.78, 5) is 3.17. The number of aliphatic imine (C=N–C) groups is 1. The van der Waals surface area contributed by atoms with Crippen LogP contribution >= 0.6 is 11.6 Å². The molecule has 1 heterocycles. The smallest absolute Gasteiger partial charge is 0.261 e. The molecule has 0 N–H and O–H groups in total. The van der Waals surface area contributed by atoms with Crippen molar-refractivity contribution in [2.45, 2.75) is 6.30 Å². The molecule has 11 heavy (non-hydrogen) atoms. The molecule has 0 aromatic rings. The minimum atomic E-state index is -4.42. The van der Waals surface area contributed by atoms with Crippen molar-refractivity contribution in [1.82, 2.24) is 4.90 Å². The minimum Gasteiger partial charge on any atom is -0.261 e. The summed E-state index contributed by atoms with van der Waals surface area (Å²) in [6.07, 6.45) is -1.52. The molecule has 1 aliphatic rings. The molecule has 2 nitrogen and oxygen atoms in total. The van der Waals surface area contributed by atoms with Gasteiger partial charge in [0.1, 0.15) is 5.16 Å². The lowest BCUT2D eigenvalue weighted by atomic mass is 10.5. The van der Waals surface area contributed by atoms with Gasteiger partial charge in [-0.3, -0.25) is 4.90 Å². The van der Waals surface area contributed by atoms with Crippen LogP contribution in [0.15, 0.2) is 16.2 Å². The van der Waals surface area contributed by atoms with E-state index in [0.29, 0.717) is 0 Å². The molecule has 1 radical (unpaired) electrons. The molecule has 0 unspecified atom stereocenters. The molecular formula is C5H3ClF3N2. The predicted octanol–water partition coefficient (Wildman–Crippen LogP) is 1.81. The Bertz CT molecular complexity index is 208. The van der Waals surface area contributed by atoms with E-state index in [0.717, 1.165) is 6.08 Å². The monoisotopic (exact) mass is 183 g/mol. The minimum absolute atomic E-state index is 0.0128. The van der Waals surface area contributed by atoms with Gasteiger partial charge in [-0.2, -0.15) is 13.2 Å². The van der Waals surface area contributed by atoms with Crippen LogP contribution in [0.25, 0.3) is 0 Å². The Labute approximate surface area is 66.0 Å². The molecule has 0 aliphatic carbocycles. The molecule has 0 spiro atoms. The van der Waals surface area contributed by atoms with Gasteiger partial charge in [-0.25, -0.2) is 4.99 Å². The molecule has 61 valence electrons. The van der Waals surface area contributed by atoms with E-state index in [1.165, 1.54) is 0 Å². The van der Waals surface area contributed by atoms with Gasteiger partial charge in [0.05, 0.1) is 0 Å². The zero-order valence-electron chi connectivity index (χ0n) is 5.19. The molecular weight excluding hydrogens is 181 g/mol. The fourth-order valence-corrected chi connectivity index (χ4v) is 0.628. The maximum absolute atomic E-state index is 11.8. The molecule has 0 fully saturated rings. The van der Waals surface area contributed by atoms with Crippen LogP contribution in [0.3, 0.4) is 0 Å². The molecule has 0 amide bonds. The van der Waals surface area contributed by atoms with Gasteiger partial charge in [0.15, 0.2) is 6.34 Å². The Morgan fingerprint density at radius 2 is 2.27 bits per heavy atom. The van der Waals surface area contributed by atoms with Crippen LogP contribution < -0.4 is 0 Å². The van der Waals surface area contributed by atoms with Crippen molar-refractivity contribution in [3.05, 3.63) is 11.2 Å². The van der Waals surface area contributed by atoms with Crippen LogP contribution in [0.2, 0.25) is 0 Å². The maximum atomic E-state index is 11.8. The Balaban J connectivity index is 2.63. The number of nitrogens with zero attached hydrogens (tertiary/aromatic N) is 2. The second-order valence-corrected chi connectivity index (χ2v) is 2.20. The lowest BCUT2D eigenvalue weighted by molar-refractivity contribution is -0.212. The summed E-state index contributed by atoms with van der Waals surface area (Å²) in [6.45, 7) is -0.328. The summed E-state index contributed by atoms with van der Waals surface area (Å²) in [5.74, 6) is 0. The Hall–Kier alpha value is -0.710. The van der Waals surface area contributed by atoms with E-state index >= 15 is 0 Å². The number of hydrogen-bond acceptors (Lipinski definition) is 2. The van der Waals surface area contributed by atoms with Gasteiger partial charge < -0.3 is 0 Å². The van der Waals surface area contributed by atoms with Gasteiger partial charge in [0.25, 0.3) is 0 Å². The topological polar surface area (TPSA) is 15.6 Å². The van der Waals surface area contributed by atoms with E-state index in [-0.39, 0.29) is 16.6 Å². The highest BCUT2D eigenvalue weighted by atomic mass is 35.5.